The van der Waals surface area contributed by atoms with Crippen LogP contribution >= 0.6 is 0 Å². The molecule has 0 saturated heterocycles. The molecule has 19 rings (SSSR count). The zero-order valence-corrected chi connectivity index (χ0v) is 50.3. The lowest BCUT2D eigenvalue weighted by atomic mass is 10.0. The highest BCUT2D eigenvalue weighted by Gasteiger charge is 2.23. The van der Waals surface area contributed by atoms with E-state index in [1.807, 2.05) is 24.3 Å². The van der Waals surface area contributed by atoms with Crippen molar-refractivity contribution < 1.29 is 4.42 Å². The van der Waals surface area contributed by atoms with E-state index in [0.29, 0.717) is 5.82 Å². The Balaban J connectivity index is 0.668. The number of hydrogen-bond donors (Lipinski definition) is 0. The number of para-hydroxylation sites is 7. The van der Waals surface area contributed by atoms with Gasteiger partial charge in [0.25, 0.3) is 0 Å². The Bertz CT molecular complexity index is 6190. The van der Waals surface area contributed by atoms with Crippen molar-refractivity contribution in [3.63, 3.8) is 0 Å². The lowest BCUT2D eigenvalue weighted by molar-refractivity contribution is 0.666. The van der Waals surface area contributed by atoms with Gasteiger partial charge in [0.15, 0.2) is 11.4 Å². The molecular formula is C86H54N6O. The van der Waals surface area contributed by atoms with Crippen LogP contribution in [0.4, 0.5) is 17.1 Å². The fraction of sp³-hybridized carbons (Fsp3) is 0. The molecule has 14 aromatic carbocycles. The van der Waals surface area contributed by atoms with E-state index in [4.69, 9.17) is 14.4 Å². The van der Waals surface area contributed by atoms with Gasteiger partial charge < -0.3 is 18.5 Å². The van der Waals surface area contributed by atoms with E-state index >= 15 is 0 Å². The minimum absolute atomic E-state index is 0.697. The summed E-state index contributed by atoms with van der Waals surface area (Å²) in [6.45, 7) is 0. The van der Waals surface area contributed by atoms with Gasteiger partial charge in [0.2, 0.25) is 0 Å². The second kappa shape index (κ2) is 21.0. The summed E-state index contributed by atoms with van der Waals surface area (Å²) in [4.78, 5) is 12.8. The summed E-state index contributed by atoms with van der Waals surface area (Å²) in [5.41, 5.74) is 22.6. The van der Waals surface area contributed by atoms with Crippen LogP contribution in [0.15, 0.2) is 332 Å². The first-order valence-corrected chi connectivity index (χ1v) is 31.6. The first-order chi connectivity index (χ1) is 46.1. The highest BCUT2D eigenvalue weighted by Crippen LogP contribution is 2.44. The lowest BCUT2D eigenvalue weighted by Crippen LogP contribution is -2.09. The van der Waals surface area contributed by atoms with Crippen LogP contribution in [0.2, 0.25) is 0 Å². The Kier molecular flexibility index (Phi) is 11.8. The summed E-state index contributed by atoms with van der Waals surface area (Å²) in [6.07, 6.45) is 0. The molecule has 7 heteroatoms. The molecule has 5 heterocycles. The molecule has 0 atom stereocenters. The standard InChI is InChI=1S/C86H54N6O/c1-3-20-56(21-4-1)85-87-75-34-12-7-32-72(75)86(88-85)92-78-37-15-8-28-66(78)69-47-42-61(54-82(69)92)60-44-48-79-73(53-60)67-29-9-13-35-76(67)90(79)65-27-18-23-58(51-65)57-22-17-26-64(50-57)89(62-24-5-2-6-25-62)63-45-40-55(41-46-63)59-43-49-80-74(52-59)68-30-10-14-36-77(68)91(80)81-38-19-33-71-70-31-11-16-39-83(70)93-84(71)81/h1-54H. The topological polar surface area (TPSA) is 57.0 Å². The number of hydrogen-bond acceptors (Lipinski definition) is 4. The van der Waals surface area contributed by atoms with Gasteiger partial charge in [0.1, 0.15) is 11.4 Å². The minimum Gasteiger partial charge on any atom is -0.454 e. The largest absolute Gasteiger partial charge is 0.454 e. The second-order valence-electron chi connectivity index (χ2n) is 24.1. The number of furan rings is 1. The van der Waals surface area contributed by atoms with E-state index < -0.39 is 0 Å². The molecule has 0 aliphatic rings. The first kappa shape index (κ1) is 52.4. The Morgan fingerprint density at radius 3 is 1.49 bits per heavy atom. The molecule has 7 nitrogen and oxygen atoms in total. The Morgan fingerprint density at radius 2 is 0.742 bits per heavy atom. The van der Waals surface area contributed by atoms with E-state index in [1.54, 1.807) is 0 Å². The summed E-state index contributed by atoms with van der Waals surface area (Å²) in [7, 11) is 0. The van der Waals surface area contributed by atoms with Gasteiger partial charge in [-0.3, -0.25) is 4.57 Å². The number of rotatable bonds is 10. The molecule has 0 N–H and O–H groups in total. The zero-order valence-electron chi connectivity index (χ0n) is 50.3. The summed E-state index contributed by atoms with van der Waals surface area (Å²) in [5.74, 6) is 1.55. The number of nitrogens with zero attached hydrogens (tertiary/aromatic N) is 6. The van der Waals surface area contributed by atoms with Gasteiger partial charge >= 0.3 is 0 Å². The molecule has 0 radical (unpaired) electrons. The van der Waals surface area contributed by atoms with E-state index in [2.05, 4.69) is 322 Å². The monoisotopic (exact) mass is 1190 g/mol. The Morgan fingerprint density at radius 1 is 0.258 bits per heavy atom. The van der Waals surface area contributed by atoms with Crippen molar-refractivity contribution in [2.45, 2.75) is 0 Å². The van der Waals surface area contributed by atoms with Crippen LogP contribution in [-0.4, -0.2) is 23.7 Å². The predicted octanol–water partition coefficient (Wildman–Crippen LogP) is 23.0. The molecular weight excluding hydrogens is 1130 g/mol. The number of aromatic nitrogens is 5. The quantitative estimate of drug-likeness (QED) is 0.137. The van der Waals surface area contributed by atoms with Crippen LogP contribution in [0.25, 0.3) is 160 Å². The fourth-order valence-corrected chi connectivity index (χ4v) is 14.6. The van der Waals surface area contributed by atoms with Crippen LogP contribution in [-0.2, 0) is 0 Å². The van der Waals surface area contributed by atoms with Crippen molar-refractivity contribution in [3.8, 4) is 62.0 Å². The van der Waals surface area contributed by atoms with E-state index in [9.17, 15) is 0 Å². The zero-order chi connectivity index (χ0) is 61.1. The molecule has 0 fully saturated rings. The van der Waals surface area contributed by atoms with Gasteiger partial charge in [-0.2, -0.15) is 0 Å². The van der Waals surface area contributed by atoms with Gasteiger partial charge in [-0.05, 0) is 155 Å². The van der Waals surface area contributed by atoms with Gasteiger partial charge in [-0.15, -0.1) is 0 Å². The number of fused-ring (bicyclic) bond motifs is 13. The molecule has 0 bridgehead atoms. The van der Waals surface area contributed by atoms with Crippen LogP contribution in [0.1, 0.15) is 0 Å². The first-order valence-electron chi connectivity index (χ1n) is 31.6. The highest BCUT2D eigenvalue weighted by molar-refractivity contribution is 6.15. The van der Waals surface area contributed by atoms with Crippen LogP contribution in [0.5, 0.6) is 0 Å². The van der Waals surface area contributed by atoms with Gasteiger partial charge in [-0.25, -0.2) is 9.97 Å². The second-order valence-corrected chi connectivity index (χ2v) is 24.1. The third-order valence-corrected chi connectivity index (χ3v) is 18.8. The summed E-state index contributed by atoms with van der Waals surface area (Å²) >= 11 is 0. The molecule has 0 saturated carbocycles. The average Bonchev–Trinajstić information content (AvgIpc) is 1.61. The Hall–Kier alpha value is -12.6. The van der Waals surface area contributed by atoms with Crippen molar-refractivity contribution in [1.82, 2.24) is 23.7 Å². The van der Waals surface area contributed by atoms with Crippen LogP contribution in [0, 0.1) is 0 Å². The third kappa shape index (κ3) is 8.45. The summed E-state index contributed by atoms with van der Waals surface area (Å²) < 4.78 is 13.7. The molecule has 93 heavy (non-hydrogen) atoms. The lowest BCUT2D eigenvalue weighted by Gasteiger charge is -2.26. The predicted molar refractivity (Wildman–Crippen MR) is 386 cm³/mol. The van der Waals surface area contributed by atoms with Crippen molar-refractivity contribution in [2.24, 2.45) is 0 Å². The smallest absolute Gasteiger partial charge is 0.162 e. The van der Waals surface area contributed by atoms with Crippen LogP contribution in [0.3, 0.4) is 0 Å². The molecule has 434 valence electrons. The fourth-order valence-electron chi connectivity index (χ4n) is 14.6. The SMILES string of the molecule is c1ccc(-c2nc(-n3c4ccccc4c4ccc(-c5ccc6c(c5)c5ccccc5n6-c5cccc(-c6cccc(N(c7ccccc7)c7ccc(-c8ccc9c(c8)c8ccccc8n9-c8cccc9c8oc8ccccc89)cc7)c6)c5)cc43)c3ccccc3n2)cc1. The maximum atomic E-state index is 6.59. The molecule has 0 aliphatic carbocycles. The van der Waals surface area contributed by atoms with Crippen molar-refractivity contribution in [2.75, 3.05) is 4.90 Å². The molecule has 0 spiro atoms. The van der Waals surface area contributed by atoms with E-state index in [1.165, 1.54) is 32.3 Å². The van der Waals surface area contributed by atoms with Crippen LogP contribution < -0.4 is 4.90 Å². The molecule has 5 aromatic heterocycles. The number of benzene rings is 14. The van der Waals surface area contributed by atoms with Gasteiger partial charge in [0, 0.05) is 76.8 Å². The molecule has 0 aliphatic heterocycles. The molecule has 0 unspecified atom stereocenters. The van der Waals surface area contributed by atoms with Crippen molar-refractivity contribution >= 4 is 115 Å². The van der Waals surface area contributed by atoms with E-state index in [0.717, 1.165) is 139 Å². The van der Waals surface area contributed by atoms with Gasteiger partial charge in [-0.1, -0.05) is 206 Å². The maximum absolute atomic E-state index is 6.59. The molecule has 0 amide bonds. The maximum Gasteiger partial charge on any atom is 0.162 e. The minimum atomic E-state index is 0.697. The molecule has 19 aromatic rings. The van der Waals surface area contributed by atoms with Crippen molar-refractivity contribution in [3.05, 3.63) is 328 Å². The summed E-state index contributed by atoms with van der Waals surface area (Å²) in [6, 6.07) is 118. The summed E-state index contributed by atoms with van der Waals surface area (Å²) in [5, 5.41) is 10.4. The Labute approximate surface area is 534 Å². The van der Waals surface area contributed by atoms with Gasteiger partial charge in [0.05, 0.1) is 44.3 Å². The van der Waals surface area contributed by atoms with E-state index in [-0.39, 0.29) is 0 Å². The average molecular weight is 1190 g/mol. The third-order valence-electron chi connectivity index (χ3n) is 18.8. The highest BCUT2D eigenvalue weighted by atomic mass is 16.3. The van der Waals surface area contributed by atoms with Crippen molar-refractivity contribution in [1.29, 1.82) is 0 Å². The number of anilines is 3. The normalized spacial score (nSPS) is 11.9.